The van der Waals surface area contributed by atoms with Gasteiger partial charge in [-0.1, -0.05) is 51.5 Å². The number of nitrogens with zero attached hydrogens (tertiary/aromatic N) is 3. The molecule has 0 saturated carbocycles. The number of alkyl halides is 6. The summed E-state index contributed by atoms with van der Waals surface area (Å²) in [6, 6.07) is 1.11. The molecule has 1 aliphatic rings. The van der Waals surface area contributed by atoms with E-state index in [1.54, 1.807) is 43.7 Å². The van der Waals surface area contributed by atoms with Gasteiger partial charge in [0.1, 0.15) is 5.84 Å². The normalized spacial score (nSPS) is 19.6. The van der Waals surface area contributed by atoms with Crippen LogP contribution in [0.1, 0.15) is 70.8 Å². The van der Waals surface area contributed by atoms with Crippen molar-refractivity contribution < 1.29 is 26.3 Å². The second-order valence-corrected chi connectivity index (χ2v) is 8.72. The maximum absolute atomic E-state index is 13.9. The maximum atomic E-state index is 13.9. The molecule has 1 aromatic rings. The van der Waals surface area contributed by atoms with Crippen LogP contribution in [-0.4, -0.2) is 35.0 Å². The summed E-state index contributed by atoms with van der Waals surface area (Å²) in [6.07, 6.45) is -0.678. The van der Waals surface area contributed by atoms with Crippen LogP contribution in [0.4, 0.5) is 26.3 Å². The van der Waals surface area contributed by atoms with Crippen molar-refractivity contribution in [3.05, 3.63) is 59.0 Å². The lowest BCUT2D eigenvalue weighted by atomic mass is 10.00. The number of aliphatic imine (C=N–C) groups is 1. The van der Waals surface area contributed by atoms with E-state index in [1.807, 2.05) is 6.92 Å². The van der Waals surface area contributed by atoms with Gasteiger partial charge in [0.25, 0.3) is 0 Å². The van der Waals surface area contributed by atoms with E-state index in [1.165, 1.54) is 13.1 Å². The summed E-state index contributed by atoms with van der Waals surface area (Å²) in [5.74, 6) is -0.561. The Balaban J connectivity index is 2.49. The molecule has 2 unspecified atom stereocenters. The zero-order valence-electron chi connectivity index (χ0n) is 21.3. The lowest BCUT2D eigenvalue weighted by Crippen LogP contribution is -2.37. The first-order chi connectivity index (χ1) is 16.8. The molecule has 1 aliphatic heterocycles. The zero-order chi connectivity index (χ0) is 27.1. The van der Waals surface area contributed by atoms with Gasteiger partial charge >= 0.3 is 12.4 Å². The molecular formula is C26H34F6N4. The Hall–Kier alpha value is -2.78. The van der Waals surface area contributed by atoms with Gasteiger partial charge in [-0.05, 0) is 44.2 Å². The highest BCUT2D eigenvalue weighted by atomic mass is 19.4. The summed E-state index contributed by atoms with van der Waals surface area (Å²) in [5, 5.41) is 7.43. The number of aromatic nitrogens is 2. The first-order valence-corrected chi connectivity index (χ1v) is 12.1. The van der Waals surface area contributed by atoms with Gasteiger partial charge in [0, 0.05) is 19.2 Å². The van der Waals surface area contributed by atoms with Gasteiger partial charge in [-0.15, -0.1) is 0 Å². The van der Waals surface area contributed by atoms with Crippen molar-refractivity contribution in [1.29, 1.82) is 0 Å². The summed E-state index contributed by atoms with van der Waals surface area (Å²) in [4.78, 5) is 3.90. The van der Waals surface area contributed by atoms with Crippen LogP contribution < -0.4 is 5.32 Å². The molecule has 4 nitrogen and oxygen atoms in total. The van der Waals surface area contributed by atoms with Gasteiger partial charge in [-0.3, -0.25) is 9.67 Å². The van der Waals surface area contributed by atoms with Crippen molar-refractivity contribution in [2.45, 2.75) is 78.3 Å². The molecule has 0 spiro atoms. The molecule has 0 saturated heterocycles. The summed E-state index contributed by atoms with van der Waals surface area (Å²) < 4.78 is 83.7. The van der Waals surface area contributed by atoms with Gasteiger partial charge in [0.2, 0.25) is 0 Å². The smallest absolute Gasteiger partial charge is 0.362 e. The lowest BCUT2D eigenvalue weighted by molar-refractivity contribution is -0.0888. The van der Waals surface area contributed by atoms with Crippen molar-refractivity contribution in [3.8, 4) is 0 Å². The number of nitrogens with one attached hydrogen (secondary N) is 1. The number of rotatable bonds is 8. The predicted molar refractivity (Wildman–Crippen MR) is 132 cm³/mol. The summed E-state index contributed by atoms with van der Waals surface area (Å²) in [5.41, 5.74) is -0.406. The molecule has 2 rings (SSSR count). The fourth-order valence-corrected chi connectivity index (χ4v) is 3.94. The van der Waals surface area contributed by atoms with Crippen LogP contribution in [0.25, 0.3) is 5.57 Å². The topological polar surface area (TPSA) is 42.2 Å². The molecule has 36 heavy (non-hydrogen) atoms. The number of aryl methyl sites for hydroxylation is 1. The minimum Gasteiger partial charge on any atom is -0.362 e. The van der Waals surface area contributed by atoms with E-state index in [9.17, 15) is 26.3 Å². The van der Waals surface area contributed by atoms with E-state index in [0.29, 0.717) is 37.2 Å². The molecule has 0 radical (unpaired) electrons. The third kappa shape index (κ3) is 7.61. The van der Waals surface area contributed by atoms with Crippen molar-refractivity contribution in [3.63, 3.8) is 0 Å². The first-order valence-electron chi connectivity index (χ1n) is 12.1. The Kier molecular flexibility index (Phi) is 10.2. The highest BCUT2D eigenvalue weighted by Crippen LogP contribution is 2.34. The average Bonchev–Trinajstić information content (AvgIpc) is 3.24. The van der Waals surface area contributed by atoms with Crippen LogP contribution in [0.5, 0.6) is 0 Å². The van der Waals surface area contributed by atoms with Crippen LogP contribution in [0, 0.1) is 5.92 Å². The second-order valence-electron chi connectivity index (χ2n) is 8.72. The predicted octanol–water partition coefficient (Wildman–Crippen LogP) is 7.73. The SMILES string of the molecule is C\C=C/C(=C\C(=C\CC)C(F)(F)F)c1cc2n(n1)CCCC2NC(=NC)/C(=C\C(C)CC)C(F)(F)F. The van der Waals surface area contributed by atoms with E-state index >= 15 is 0 Å². The number of amidine groups is 1. The number of hydrogen-bond donors (Lipinski definition) is 1. The molecule has 1 aromatic heterocycles. The second kappa shape index (κ2) is 12.5. The van der Waals surface area contributed by atoms with E-state index < -0.39 is 29.5 Å². The monoisotopic (exact) mass is 516 g/mol. The first kappa shape index (κ1) is 29.5. The van der Waals surface area contributed by atoms with E-state index in [4.69, 9.17) is 0 Å². The molecule has 200 valence electrons. The molecule has 2 atom stereocenters. The van der Waals surface area contributed by atoms with E-state index in [0.717, 1.165) is 12.2 Å². The molecule has 0 aromatic carbocycles. The van der Waals surface area contributed by atoms with Crippen molar-refractivity contribution in [2.75, 3.05) is 7.05 Å². The minimum absolute atomic E-state index is 0.213. The van der Waals surface area contributed by atoms with Crippen LogP contribution in [0.2, 0.25) is 0 Å². The summed E-state index contributed by atoms with van der Waals surface area (Å²) >= 11 is 0. The maximum Gasteiger partial charge on any atom is 0.419 e. The largest absolute Gasteiger partial charge is 0.419 e. The van der Waals surface area contributed by atoms with Crippen LogP contribution in [-0.2, 0) is 6.54 Å². The molecule has 0 bridgehead atoms. The van der Waals surface area contributed by atoms with E-state index in [-0.39, 0.29) is 23.7 Å². The molecule has 2 heterocycles. The van der Waals surface area contributed by atoms with Gasteiger partial charge in [0.15, 0.2) is 0 Å². The Morgan fingerprint density at radius 2 is 1.92 bits per heavy atom. The van der Waals surface area contributed by atoms with E-state index in [2.05, 4.69) is 15.4 Å². The fraction of sp³-hybridized carbons (Fsp3) is 0.538. The molecular weight excluding hydrogens is 482 g/mol. The molecule has 0 aliphatic carbocycles. The standard InChI is InChI=1S/C26H34F6N4/c1-6-10-18(15-19(11-7-2)25(27,28)29)22-16-23-21(12-9-13-36(23)35-22)34-24(33-5)20(26(30,31)32)14-17(4)8-3/h6,10-11,14-17,21H,7-9,12-13H2,1-5H3,(H,33,34)/b10-6-,18-15+,19-11-,20-14+. The molecule has 1 N–H and O–H groups in total. The van der Waals surface area contributed by atoms with Crippen molar-refractivity contribution >= 4 is 11.4 Å². The Morgan fingerprint density at radius 1 is 1.22 bits per heavy atom. The summed E-state index contributed by atoms with van der Waals surface area (Å²) in [6.45, 7) is 7.34. The van der Waals surface area contributed by atoms with Crippen LogP contribution >= 0.6 is 0 Å². The van der Waals surface area contributed by atoms with Gasteiger partial charge in [-0.2, -0.15) is 31.4 Å². The minimum atomic E-state index is -4.59. The lowest BCUT2D eigenvalue weighted by Gasteiger charge is -2.27. The highest BCUT2D eigenvalue weighted by molar-refractivity contribution is 5.99. The highest BCUT2D eigenvalue weighted by Gasteiger charge is 2.38. The Bertz CT molecular complexity index is 1040. The molecule has 10 heteroatoms. The van der Waals surface area contributed by atoms with Crippen molar-refractivity contribution in [1.82, 2.24) is 15.1 Å². The quantitative estimate of drug-likeness (QED) is 0.166. The van der Waals surface area contributed by atoms with Gasteiger partial charge in [0.05, 0.1) is 28.6 Å². The fourth-order valence-electron chi connectivity index (χ4n) is 3.94. The number of allylic oxidation sites excluding steroid dienone is 7. The van der Waals surface area contributed by atoms with Gasteiger partial charge in [-0.25, -0.2) is 0 Å². The van der Waals surface area contributed by atoms with Crippen molar-refractivity contribution in [2.24, 2.45) is 10.9 Å². The number of fused-ring (bicyclic) bond motifs is 1. The summed E-state index contributed by atoms with van der Waals surface area (Å²) in [7, 11) is 1.30. The number of hydrogen-bond acceptors (Lipinski definition) is 2. The molecule has 0 fully saturated rings. The number of halogens is 6. The third-order valence-corrected chi connectivity index (χ3v) is 5.93. The zero-order valence-corrected chi connectivity index (χ0v) is 21.3. The van der Waals surface area contributed by atoms with Gasteiger partial charge < -0.3 is 5.32 Å². The Labute approximate surface area is 208 Å². The Morgan fingerprint density at radius 3 is 2.44 bits per heavy atom. The third-order valence-electron chi connectivity index (χ3n) is 5.93. The van der Waals surface area contributed by atoms with Crippen LogP contribution in [0.3, 0.4) is 0 Å². The average molecular weight is 517 g/mol. The molecule has 0 amide bonds. The van der Waals surface area contributed by atoms with Crippen LogP contribution in [0.15, 0.2) is 52.6 Å².